The van der Waals surface area contributed by atoms with Gasteiger partial charge in [0.25, 0.3) is 5.11 Å². The van der Waals surface area contributed by atoms with E-state index in [1.165, 1.54) is 28.9 Å². The molecule has 0 aliphatic carbocycles. The molecule has 1 fully saturated rings. The summed E-state index contributed by atoms with van der Waals surface area (Å²) in [5, 5.41) is 3.89. The minimum atomic E-state index is 0.00389. The second-order valence-electron chi connectivity index (χ2n) is 4.92. The maximum absolute atomic E-state index is 5.68. The minimum Gasteiger partial charge on any atom is -0.275 e. The Hall–Kier alpha value is -0.530. The third kappa shape index (κ3) is 1.58. The Morgan fingerprint density at radius 2 is 2.21 bits per heavy atom. The van der Waals surface area contributed by atoms with E-state index in [1.54, 1.807) is 0 Å². The fraction of sp³-hybridized carbons (Fsp3) is 0.583. The summed E-state index contributed by atoms with van der Waals surface area (Å²) in [5.74, 6) is 1.25. The van der Waals surface area contributed by atoms with Crippen LogP contribution in [0.1, 0.15) is 12.8 Å². The first kappa shape index (κ1) is 12.2. The van der Waals surface area contributed by atoms with Gasteiger partial charge in [-0.05, 0) is 30.4 Å². The zero-order valence-electron chi connectivity index (χ0n) is 10.7. The lowest BCUT2D eigenvalue weighted by molar-refractivity contribution is -0.353. The fourth-order valence-corrected chi connectivity index (χ4v) is 7.38. The van der Waals surface area contributed by atoms with Crippen molar-refractivity contribution in [2.75, 3.05) is 31.9 Å². The van der Waals surface area contributed by atoms with Crippen molar-refractivity contribution in [3.05, 3.63) is 12.7 Å². The normalized spacial score (nSPS) is 29.1. The molecule has 4 nitrogen and oxygen atoms in total. The average Bonchev–Trinajstić information content (AvgIpc) is 2.92. The fourth-order valence-electron chi connectivity index (χ4n) is 2.98. The van der Waals surface area contributed by atoms with Crippen LogP contribution in [0.25, 0.3) is 0 Å². The topological polar surface area (TPSA) is 12.7 Å². The largest absolute Gasteiger partial charge is 0.328 e. The van der Waals surface area contributed by atoms with Crippen LogP contribution in [0.3, 0.4) is 0 Å². The Morgan fingerprint density at radius 1 is 1.37 bits per heavy atom. The molecule has 102 valence electrons. The van der Waals surface area contributed by atoms with Gasteiger partial charge in [0.2, 0.25) is 0 Å². The van der Waals surface area contributed by atoms with Gasteiger partial charge in [0, 0.05) is 18.7 Å². The lowest BCUT2D eigenvalue weighted by Crippen LogP contribution is -2.52. The third-order valence-corrected chi connectivity index (χ3v) is 7.87. The summed E-state index contributed by atoms with van der Waals surface area (Å²) >= 11 is 7.69. The maximum atomic E-state index is 5.68. The molecule has 1 saturated heterocycles. The van der Waals surface area contributed by atoms with Crippen molar-refractivity contribution in [3.8, 4) is 0 Å². The predicted octanol–water partition coefficient (Wildman–Crippen LogP) is 1.49. The van der Waals surface area contributed by atoms with Gasteiger partial charge in [-0.3, -0.25) is 9.21 Å². The Labute approximate surface area is 125 Å². The Kier molecular flexibility index (Phi) is 2.89. The average molecular weight is 313 g/mol. The van der Waals surface area contributed by atoms with Crippen LogP contribution in [0.15, 0.2) is 12.7 Å². The van der Waals surface area contributed by atoms with E-state index < -0.39 is 0 Å². The van der Waals surface area contributed by atoms with Crippen molar-refractivity contribution in [2.24, 2.45) is 0 Å². The molecule has 4 rings (SSSR count). The van der Waals surface area contributed by atoms with Crippen molar-refractivity contribution < 1.29 is 3.98 Å². The molecular formula is C12H17N4S3+. The molecule has 0 aromatic carbocycles. The number of thiocarbonyl (C=S) groups is 1. The van der Waals surface area contributed by atoms with E-state index in [-0.39, 0.29) is 10.9 Å². The number of nitrogens with zero attached hydrogens (tertiary/aromatic N) is 4. The number of amidine groups is 1. The van der Waals surface area contributed by atoms with Gasteiger partial charge >= 0.3 is 5.17 Å². The summed E-state index contributed by atoms with van der Waals surface area (Å²) in [7, 11) is 0.00389. The van der Waals surface area contributed by atoms with Gasteiger partial charge in [-0.2, -0.15) is 8.88 Å². The number of hydrogen-bond donors (Lipinski definition) is 0. The van der Waals surface area contributed by atoms with Crippen LogP contribution in [0.4, 0.5) is 0 Å². The highest BCUT2D eigenvalue weighted by Crippen LogP contribution is 2.43. The van der Waals surface area contributed by atoms with Crippen molar-refractivity contribution in [2.45, 2.75) is 12.8 Å². The molecule has 0 N–H and O–H groups in total. The van der Waals surface area contributed by atoms with Gasteiger partial charge in [0.05, 0.1) is 13.1 Å². The highest BCUT2D eigenvalue weighted by Gasteiger charge is 2.53. The standard InChI is InChI=1S/C12H17N4S3/c1-2-5-15-10(17)13-6-3-7-14-11-16(8-4-9-18-11)19(15)12(13)14/h2H,1,3-9H2/q+1. The van der Waals surface area contributed by atoms with E-state index in [2.05, 4.69) is 24.7 Å². The molecule has 4 heterocycles. The zero-order valence-corrected chi connectivity index (χ0v) is 13.2. The summed E-state index contributed by atoms with van der Waals surface area (Å²) in [6.45, 7) is 8.14. The van der Waals surface area contributed by atoms with E-state index in [0.29, 0.717) is 0 Å². The molecule has 0 amide bonds. The van der Waals surface area contributed by atoms with Gasteiger partial charge in [-0.1, -0.05) is 6.08 Å². The van der Waals surface area contributed by atoms with Crippen LogP contribution in [0, 0.1) is 0 Å². The second-order valence-corrected chi connectivity index (χ2v) is 8.13. The second kappa shape index (κ2) is 4.49. The van der Waals surface area contributed by atoms with E-state index in [0.717, 1.165) is 31.3 Å². The monoisotopic (exact) mass is 313 g/mol. The van der Waals surface area contributed by atoms with Crippen molar-refractivity contribution >= 4 is 50.2 Å². The summed E-state index contributed by atoms with van der Waals surface area (Å²) < 4.78 is 4.93. The van der Waals surface area contributed by atoms with Crippen molar-refractivity contribution in [3.63, 3.8) is 0 Å². The van der Waals surface area contributed by atoms with Crippen LogP contribution in [0.5, 0.6) is 0 Å². The van der Waals surface area contributed by atoms with E-state index in [1.807, 2.05) is 17.8 Å². The molecule has 7 heteroatoms. The maximum Gasteiger partial charge on any atom is 0.328 e. The van der Waals surface area contributed by atoms with Gasteiger partial charge in [-0.25, -0.2) is 0 Å². The molecule has 0 spiro atoms. The molecule has 1 unspecified atom stereocenters. The molecule has 0 bridgehead atoms. The Balaban J connectivity index is 1.84. The van der Waals surface area contributed by atoms with Crippen LogP contribution >= 0.6 is 34.8 Å². The summed E-state index contributed by atoms with van der Waals surface area (Å²) in [4.78, 5) is 4.88. The minimum absolute atomic E-state index is 0.00389. The van der Waals surface area contributed by atoms with Gasteiger partial charge in [0.15, 0.2) is 16.0 Å². The summed E-state index contributed by atoms with van der Waals surface area (Å²) in [6.07, 6.45) is 4.44. The predicted molar refractivity (Wildman–Crippen MR) is 87.3 cm³/mol. The molecule has 0 aromatic rings. The van der Waals surface area contributed by atoms with E-state index in [9.17, 15) is 0 Å². The number of fused-ring (bicyclic) bond motifs is 2. The quantitative estimate of drug-likeness (QED) is 0.434. The molecule has 1 atom stereocenters. The van der Waals surface area contributed by atoms with Crippen LogP contribution in [0.2, 0.25) is 0 Å². The Bertz CT molecular complexity index is 539. The molecule has 4 aliphatic heterocycles. The van der Waals surface area contributed by atoms with Crippen molar-refractivity contribution in [1.29, 1.82) is 0 Å². The molecule has 0 saturated carbocycles. The van der Waals surface area contributed by atoms with Crippen LogP contribution in [-0.2, 0) is 0 Å². The van der Waals surface area contributed by atoms with Gasteiger partial charge in [-0.15, -0.1) is 6.58 Å². The number of rotatable bonds is 2. The Morgan fingerprint density at radius 3 is 3.05 bits per heavy atom. The third-order valence-electron chi connectivity index (χ3n) is 3.73. The highest BCUT2D eigenvalue weighted by atomic mass is 32.2. The van der Waals surface area contributed by atoms with Crippen molar-refractivity contribution in [1.82, 2.24) is 14.1 Å². The zero-order chi connectivity index (χ0) is 13.0. The van der Waals surface area contributed by atoms with Crippen LogP contribution in [-0.4, -0.2) is 65.4 Å². The van der Waals surface area contributed by atoms with Gasteiger partial charge < -0.3 is 0 Å². The highest BCUT2D eigenvalue weighted by molar-refractivity contribution is 8.16. The molecular weight excluding hydrogens is 296 g/mol. The smallest absolute Gasteiger partial charge is 0.275 e. The number of thioether (sulfide) groups is 1. The molecule has 0 aromatic heterocycles. The van der Waals surface area contributed by atoms with Gasteiger partial charge in [0.1, 0.15) is 6.54 Å². The number of hydrogen-bond acceptors (Lipinski definition) is 3. The van der Waals surface area contributed by atoms with E-state index >= 15 is 0 Å². The summed E-state index contributed by atoms with van der Waals surface area (Å²) in [6, 6.07) is 0. The lowest BCUT2D eigenvalue weighted by Gasteiger charge is -2.31. The first-order valence-electron chi connectivity index (χ1n) is 6.69. The SMILES string of the molecule is C=CCN1C(=S)N2CCCN3C4=[N+](CCCS4)S1=C23. The molecule has 0 radical (unpaired) electrons. The van der Waals surface area contributed by atoms with Crippen LogP contribution < -0.4 is 0 Å². The van der Waals surface area contributed by atoms with E-state index in [4.69, 9.17) is 12.2 Å². The molecule has 19 heavy (non-hydrogen) atoms. The molecule has 4 aliphatic rings. The first-order valence-corrected chi connectivity index (χ1v) is 9.22. The summed E-state index contributed by atoms with van der Waals surface area (Å²) in [5.41, 5.74) is 0. The first-order chi connectivity index (χ1) is 9.33. The lowest BCUT2D eigenvalue weighted by atomic mass is 10.3.